The van der Waals surface area contributed by atoms with E-state index in [2.05, 4.69) is 44.3 Å². The molecule has 1 nitrogen and oxygen atoms in total. The quantitative estimate of drug-likeness (QED) is 0.766. The molecule has 0 aliphatic rings. The fraction of sp³-hybridized carbons (Fsp3) is 0.333. The van der Waals surface area contributed by atoms with E-state index in [4.69, 9.17) is 23.2 Å². The van der Waals surface area contributed by atoms with Crippen molar-refractivity contribution in [3.8, 4) is 0 Å². The minimum absolute atomic E-state index is 0.257. The average Bonchev–Trinajstić information content (AvgIpc) is 2.44. The lowest BCUT2D eigenvalue weighted by Crippen LogP contribution is -2.23. The monoisotopic (exact) mass is 321 g/mol. The van der Waals surface area contributed by atoms with E-state index in [0.29, 0.717) is 5.02 Å². The summed E-state index contributed by atoms with van der Waals surface area (Å²) in [6, 6.07) is 12.6. The zero-order valence-electron chi connectivity index (χ0n) is 12.7. The second-order valence-electron chi connectivity index (χ2n) is 5.39. The van der Waals surface area contributed by atoms with Crippen LogP contribution in [0, 0.1) is 13.8 Å². The summed E-state index contributed by atoms with van der Waals surface area (Å²) < 4.78 is 0. The summed E-state index contributed by atoms with van der Waals surface area (Å²) in [5.41, 5.74) is 5.05. The van der Waals surface area contributed by atoms with Crippen molar-refractivity contribution in [3.05, 3.63) is 68.7 Å². The highest BCUT2D eigenvalue weighted by Crippen LogP contribution is 2.27. The van der Waals surface area contributed by atoms with Crippen LogP contribution in [0.2, 0.25) is 10.0 Å². The van der Waals surface area contributed by atoms with Crippen LogP contribution < -0.4 is 5.32 Å². The minimum atomic E-state index is 0.257. The number of nitrogens with one attached hydrogen (secondary N) is 1. The zero-order chi connectivity index (χ0) is 15.4. The van der Waals surface area contributed by atoms with Gasteiger partial charge >= 0.3 is 0 Å². The van der Waals surface area contributed by atoms with Crippen molar-refractivity contribution in [1.82, 2.24) is 5.32 Å². The molecular formula is C18H21Cl2N. The summed E-state index contributed by atoms with van der Waals surface area (Å²) in [4.78, 5) is 0. The van der Waals surface area contributed by atoms with Gasteiger partial charge in [-0.05, 0) is 61.2 Å². The Labute approximate surface area is 137 Å². The number of likely N-dealkylation sites (N-methyl/N-ethyl adjacent to an activating group) is 1. The number of benzene rings is 2. The summed E-state index contributed by atoms with van der Waals surface area (Å²) in [5.74, 6) is 0. The topological polar surface area (TPSA) is 12.0 Å². The van der Waals surface area contributed by atoms with Gasteiger partial charge in [0.15, 0.2) is 0 Å². The molecule has 0 bridgehead atoms. The molecule has 2 aromatic carbocycles. The molecule has 2 aromatic rings. The van der Waals surface area contributed by atoms with Crippen molar-refractivity contribution in [2.24, 2.45) is 0 Å². The SMILES string of the molecule is CCNC(Cc1ccc(Cl)cc1Cl)c1ccc(C)c(C)c1. The first-order valence-corrected chi connectivity index (χ1v) is 8.01. The van der Waals surface area contributed by atoms with Gasteiger partial charge in [-0.1, -0.05) is 54.4 Å². The van der Waals surface area contributed by atoms with Crippen LogP contribution in [0.25, 0.3) is 0 Å². The van der Waals surface area contributed by atoms with E-state index in [1.165, 1.54) is 16.7 Å². The molecule has 0 heterocycles. The summed E-state index contributed by atoms with van der Waals surface area (Å²) in [6.07, 6.45) is 0.854. The molecule has 0 radical (unpaired) electrons. The highest BCUT2D eigenvalue weighted by molar-refractivity contribution is 6.35. The lowest BCUT2D eigenvalue weighted by molar-refractivity contribution is 0.549. The van der Waals surface area contributed by atoms with Crippen LogP contribution in [0.5, 0.6) is 0 Å². The van der Waals surface area contributed by atoms with Crippen molar-refractivity contribution >= 4 is 23.2 Å². The van der Waals surface area contributed by atoms with Crippen LogP contribution in [0.4, 0.5) is 0 Å². The molecule has 1 unspecified atom stereocenters. The number of hydrogen-bond acceptors (Lipinski definition) is 1. The molecule has 0 fully saturated rings. The predicted molar refractivity (Wildman–Crippen MR) is 92.5 cm³/mol. The lowest BCUT2D eigenvalue weighted by atomic mass is 9.96. The van der Waals surface area contributed by atoms with Crippen LogP contribution in [0.1, 0.15) is 35.2 Å². The molecular weight excluding hydrogens is 301 g/mol. The van der Waals surface area contributed by atoms with Gasteiger partial charge in [0.25, 0.3) is 0 Å². The zero-order valence-corrected chi connectivity index (χ0v) is 14.2. The van der Waals surface area contributed by atoms with Crippen molar-refractivity contribution in [3.63, 3.8) is 0 Å². The Morgan fingerprint density at radius 2 is 1.76 bits per heavy atom. The second kappa shape index (κ2) is 7.31. The minimum Gasteiger partial charge on any atom is -0.310 e. The van der Waals surface area contributed by atoms with Crippen molar-refractivity contribution in [2.45, 2.75) is 33.2 Å². The molecule has 0 aromatic heterocycles. The van der Waals surface area contributed by atoms with Gasteiger partial charge in [0.2, 0.25) is 0 Å². The molecule has 0 aliphatic heterocycles. The molecule has 1 N–H and O–H groups in total. The second-order valence-corrected chi connectivity index (χ2v) is 6.24. The molecule has 3 heteroatoms. The molecule has 112 valence electrons. The van der Waals surface area contributed by atoms with E-state index >= 15 is 0 Å². The Bertz CT molecular complexity index is 623. The van der Waals surface area contributed by atoms with Crippen LogP contribution in [0.3, 0.4) is 0 Å². The fourth-order valence-electron chi connectivity index (χ4n) is 2.44. The van der Waals surface area contributed by atoms with E-state index in [1.807, 2.05) is 18.2 Å². The summed E-state index contributed by atoms with van der Waals surface area (Å²) >= 11 is 12.3. The van der Waals surface area contributed by atoms with Crippen LogP contribution >= 0.6 is 23.2 Å². The highest BCUT2D eigenvalue weighted by Gasteiger charge is 2.14. The summed E-state index contributed by atoms with van der Waals surface area (Å²) in [5, 5.41) is 4.95. The molecule has 21 heavy (non-hydrogen) atoms. The van der Waals surface area contributed by atoms with Crippen molar-refractivity contribution in [1.29, 1.82) is 0 Å². The fourth-order valence-corrected chi connectivity index (χ4v) is 2.93. The number of aryl methyl sites for hydroxylation is 2. The van der Waals surface area contributed by atoms with Gasteiger partial charge in [-0.2, -0.15) is 0 Å². The third-order valence-corrected chi connectivity index (χ3v) is 4.41. The Kier molecular flexibility index (Phi) is 5.69. The Balaban J connectivity index is 2.28. The molecule has 0 aliphatic carbocycles. The standard InChI is InChI=1S/C18H21Cl2N/c1-4-21-18(15-6-5-12(2)13(3)9-15)10-14-7-8-16(19)11-17(14)20/h5-9,11,18,21H,4,10H2,1-3H3. The largest absolute Gasteiger partial charge is 0.310 e. The van der Waals surface area contributed by atoms with E-state index in [0.717, 1.165) is 23.6 Å². The van der Waals surface area contributed by atoms with Gasteiger partial charge in [0.1, 0.15) is 0 Å². The number of hydrogen-bond donors (Lipinski definition) is 1. The first-order chi connectivity index (χ1) is 10.0. The van der Waals surface area contributed by atoms with Crippen molar-refractivity contribution in [2.75, 3.05) is 6.54 Å². The van der Waals surface area contributed by atoms with Gasteiger partial charge in [0, 0.05) is 16.1 Å². The molecule has 2 rings (SSSR count). The van der Waals surface area contributed by atoms with Crippen LogP contribution in [-0.2, 0) is 6.42 Å². The Morgan fingerprint density at radius 3 is 2.38 bits per heavy atom. The molecule has 1 atom stereocenters. The van der Waals surface area contributed by atoms with Gasteiger partial charge in [0.05, 0.1) is 0 Å². The maximum absolute atomic E-state index is 6.31. The van der Waals surface area contributed by atoms with Gasteiger partial charge in [-0.25, -0.2) is 0 Å². The van der Waals surface area contributed by atoms with Crippen LogP contribution in [-0.4, -0.2) is 6.54 Å². The maximum atomic E-state index is 6.31. The first-order valence-electron chi connectivity index (χ1n) is 7.25. The predicted octanol–water partition coefficient (Wildman–Crippen LogP) is 5.50. The third kappa shape index (κ3) is 4.23. The normalized spacial score (nSPS) is 12.4. The summed E-state index contributed by atoms with van der Waals surface area (Å²) in [6.45, 7) is 7.33. The number of rotatable bonds is 5. The maximum Gasteiger partial charge on any atom is 0.0453 e. The van der Waals surface area contributed by atoms with Crippen LogP contribution in [0.15, 0.2) is 36.4 Å². The van der Waals surface area contributed by atoms with Gasteiger partial charge in [-0.15, -0.1) is 0 Å². The molecule has 0 saturated heterocycles. The molecule has 0 saturated carbocycles. The summed E-state index contributed by atoms with van der Waals surface area (Å²) in [7, 11) is 0. The van der Waals surface area contributed by atoms with Gasteiger partial charge < -0.3 is 5.32 Å². The van der Waals surface area contributed by atoms with Crippen molar-refractivity contribution < 1.29 is 0 Å². The van der Waals surface area contributed by atoms with Gasteiger partial charge in [-0.3, -0.25) is 0 Å². The Morgan fingerprint density at radius 1 is 1.00 bits per heavy atom. The molecule has 0 amide bonds. The third-order valence-electron chi connectivity index (χ3n) is 3.82. The average molecular weight is 322 g/mol. The lowest BCUT2D eigenvalue weighted by Gasteiger charge is -2.20. The smallest absolute Gasteiger partial charge is 0.0453 e. The van der Waals surface area contributed by atoms with E-state index in [9.17, 15) is 0 Å². The van der Waals surface area contributed by atoms with E-state index in [-0.39, 0.29) is 6.04 Å². The van der Waals surface area contributed by atoms with E-state index < -0.39 is 0 Å². The highest BCUT2D eigenvalue weighted by atomic mass is 35.5. The first kappa shape index (κ1) is 16.4. The Hall–Kier alpha value is -1.02. The van der Waals surface area contributed by atoms with E-state index in [1.54, 1.807) is 0 Å². The molecule has 0 spiro atoms. The number of halogens is 2.